The molecule has 1 aliphatic heterocycles. The minimum Gasteiger partial charge on any atom is -0.375 e. The molecular weight excluding hydrogens is 176 g/mol. The van der Waals surface area contributed by atoms with Gasteiger partial charge in [0.15, 0.2) is 0 Å². The normalized spacial score (nSPS) is 20.6. The molecule has 1 heterocycles. The van der Waals surface area contributed by atoms with Crippen molar-refractivity contribution in [2.75, 3.05) is 6.54 Å². The summed E-state index contributed by atoms with van der Waals surface area (Å²) in [5.41, 5.74) is 1.72. The monoisotopic (exact) mass is 194 g/mol. The highest BCUT2D eigenvalue weighted by atomic mass is 16.2. The van der Waals surface area contributed by atoms with E-state index in [1.807, 2.05) is 26.8 Å². The number of rotatable bonds is 1. The van der Waals surface area contributed by atoms with Crippen LogP contribution in [0.3, 0.4) is 0 Å². The van der Waals surface area contributed by atoms with Gasteiger partial charge in [0.05, 0.1) is 17.9 Å². The number of nitrogens with one attached hydrogen (secondary N) is 2. The number of allylic oxidation sites excluding steroid dienone is 3. The van der Waals surface area contributed by atoms with E-state index in [9.17, 15) is 4.79 Å². The molecule has 1 amide bonds. The maximum atomic E-state index is 10.9. The fraction of sp³-hybridized carbons (Fsp3) is 0.364. The third-order valence-electron chi connectivity index (χ3n) is 1.58. The second-order valence-corrected chi connectivity index (χ2v) is 2.42. The number of carbonyl (C=O) groups is 1. The number of piperazine rings is 1. The molecule has 3 nitrogen and oxygen atoms in total. The molecule has 1 aliphatic rings. The third-order valence-corrected chi connectivity index (χ3v) is 1.58. The van der Waals surface area contributed by atoms with Crippen LogP contribution in [-0.4, -0.2) is 12.5 Å². The highest BCUT2D eigenvalue weighted by Gasteiger charge is 2.14. The molecule has 0 unspecified atom stereocenters. The van der Waals surface area contributed by atoms with Gasteiger partial charge in [-0.25, -0.2) is 0 Å². The second-order valence-electron chi connectivity index (χ2n) is 2.42. The minimum atomic E-state index is -0.0197. The fourth-order valence-electron chi connectivity index (χ4n) is 1.04. The summed E-state index contributed by atoms with van der Waals surface area (Å²) in [7, 11) is 0. The molecule has 0 saturated carbocycles. The van der Waals surface area contributed by atoms with E-state index in [1.54, 1.807) is 12.2 Å². The Morgan fingerprint density at radius 1 is 1.36 bits per heavy atom. The van der Waals surface area contributed by atoms with Gasteiger partial charge in [0.25, 0.3) is 0 Å². The molecule has 1 fully saturated rings. The van der Waals surface area contributed by atoms with Crippen LogP contribution in [0.25, 0.3) is 0 Å². The molecule has 0 aromatic heterocycles. The van der Waals surface area contributed by atoms with Gasteiger partial charge in [0.1, 0.15) is 0 Å². The van der Waals surface area contributed by atoms with Gasteiger partial charge < -0.3 is 10.6 Å². The lowest BCUT2D eigenvalue weighted by Crippen LogP contribution is -2.41. The van der Waals surface area contributed by atoms with Gasteiger partial charge in [-0.3, -0.25) is 4.79 Å². The topological polar surface area (TPSA) is 41.1 Å². The molecule has 3 heteroatoms. The molecule has 0 atom stereocenters. The lowest BCUT2D eigenvalue weighted by Gasteiger charge is -2.20. The van der Waals surface area contributed by atoms with Crippen molar-refractivity contribution < 1.29 is 4.79 Å². The van der Waals surface area contributed by atoms with E-state index in [2.05, 4.69) is 17.2 Å². The Morgan fingerprint density at radius 3 is 2.50 bits per heavy atom. The van der Waals surface area contributed by atoms with Crippen molar-refractivity contribution in [2.45, 2.75) is 20.8 Å². The summed E-state index contributed by atoms with van der Waals surface area (Å²) in [4.78, 5) is 10.9. The third kappa shape index (κ3) is 3.47. The Kier molecular flexibility index (Phi) is 6.20. The average molecular weight is 194 g/mol. The molecular formula is C11H18N2O. The molecule has 78 valence electrons. The molecule has 14 heavy (non-hydrogen) atoms. The maximum absolute atomic E-state index is 10.9. The van der Waals surface area contributed by atoms with Crippen LogP contribution in [0.2, 0.25) is 0 Å². The quantitative estimate of drug-likeness (QED) is 0.667. The molecule has 0 spiro atoms. The van der Waals surface area contributed by atoms with Crippen LogP contribution >= 0.6 is 0 Å². The van der Waals surface area contributed by atoms with Crippen molar-refractivity contribution in [1.29, 1.82) is 0 Å². The lowest BCUT2D eigenvalue weighted by atomic mass is 10.2. The molecule has 1 rings (SSSR count). The zero-order chi connectivity index (χ0) is 11.0. The van der Waals surface area contributed by atoms with Gasteiger partial charge in [-0.15, -0.1) is 0 Å². The van der Waals surface area contributed by atoms with Gasteiger partial charge in [-0.2, -0.15) is 0 Å². The maximum Gasteiger partial charge on any atom is 0.243 e. The fourth-order valence-corrected chi connectivity index (χ4v) is 1.04. The summed E-state index contributed by atoms with van der Waals surface area (Å²) >= 11 is 0. The van der Waals surface area contributed by atoms with Gasteiger partial charge in [-0.1, -0.05) is 32.6 Å². The van der Waals surface area contributed by atoms with E-state index in [1.165, 1.54) is 0 Å². The predicted molar refractivity (Wildman–Crippen MR) is 59.5 cm³/mol. The highest BCUT2D eigenvalue weighted by molar-refractivity contribution is 5.82. The van der Waals surface area contributed by atoms with Crippen LogP contribution in [0.15, 0.2) is 36.2 Å². The first kappa shape index (κ1) is 12.5. The standard InChI is InChI=1S/C9H12N2O.C2H6/c1-3-5-8-7(4-2)10-6-9(12)11-8;1-2/h3-5,10H,1,6H2,2H3,(H,11,12);1-2H3/b7-4+,8-5+;. The largest absolute Gasteiger partial charge is 0.375 e. The van der Waals surface area contributed by atoms with Crippen molar-refractivity contribution in [1.82, 2.24) is 10.6 Å². The predicted octanol–water partition coefficient (Wildman–Crippen LogP) is 1.71. The zero-order valence-electron chi connectivity index (χ0n) is 9.05. The zero-order valence-corrected chi connectivity index (χ0v) is 9.05. The smallest absolute Gasteiger partial charge is 0.243 e. The van der Waals surface area contributed by atoms with E-state index in [0.29, 0.717) is 6.54 Å². The summed E-state index contributed by atoms with van der Waals surface area (Å²) in [6.45, 7) is 9.82. The Hall–Kier alpha value is -1.51. The van der Waals surface area contributed by atoms with Crippen molar-refractivity contribution in [3.8, 4) is 0 Å². The van der Waals surface area contributed by atoms with E-state index < -0.39 is 0 Å². The van der Waals surface area contributed by atoms with Gasteiger partial charge >= 0.3 is 0 Å². The summed E-state index contributed by atoms with van der Waals surface area (Å²) in [6.07, 6.45) is 5.32. The van der Waals surface area contributed by atoms with Gasteiger partial charge in [0.2, 0.25) is 5.91 Å². The van der Waals surface area contributed by atoms with E-state index in [0.717, 1.165) is 11.4 Å². The summed E-state index contributed by atoms with van der Waals surface area (Å²) in [5, 5.41) is 5.72. The van der Waals surface area contributed by atoms with Crippen LogP contribution in [0.1, 0.15) is 20.8 Å². The molecule has 0 aromatic rings. The summed E-state index contributed by atoms with van der Waals surface area (Å²) < 4.78 is 0. The first-order valence-corrected chi connectivity index (χ1v) is 4.81. The Morgan fingerprint density at radius 2 is 2.00 bits per heavy atom. The first-order chi connectivity index (χ1) is 6.77. The Balaban J connectivity index is 0.000000791. The molecule has 0 bridgehead atoms. The van der Waals surface area contributed by atoms with Crippen LogP contribution < -0.4 is 10.6 Å². The second kappa shape index (κ2) is 6.95. The van der Waals surface area contributed by atoms with Crippen LogP contribution in [0.4, 0.5) is 0 Å². The number of hydrogen-bond donors (Lipinski definition) is 2. The van der Waals surface area contributed by atoms with Crippen molar-refractivity contribution in [3.63, 3.8) is 0 Å². The van der Waals surface area contributed by atoms with Crippen molar-refractivity contribution in [3.05, 3.63) is 36.2 Å². The molecule has 0 aliphatic carbocycles. The van der Waals surface area contributed by atoms with Crippen LogP contribution in [0, 0.1) is 0 Å². The van der Waals surface area contributed by atoms with Crippen LogP contribution in [-0.2, 0) is 4.79 Å². The lowest BCUT2D eigenvalue weighted by molar-refractivity contribution is -0.119. The Bertz CT molecular complexity index is 264. The number of hydrogen-bond acceptors (Lipinski definition) is 2. The Labute approximate surface area is 85.6 Å². The molecule has 0 radical (unpaired) electrons. The van der Waals surface area contributed by atoms with E-state index in [-0.39, 0.29) is 5.91 Å². The molecule has 1 saturated heterocycles. The first-order valence-electron chi connectivity index (χ1n) is 4.81. The highest BCUT2D eigenvalue weighted by Crippen LogP contribution is 2.06. The molecule has 0 aromatic carbocycles. The SMILES string of the molecule is C=C/C=C1/NC(=O)CN/C1=C/C.CC. The van der Waals surface area contributed by atoms with Crippen molar-refractivity contribution >= 4 is 5.91 Å². The summed E-state index contributed by atoms with van der Waals surface area (Å²) in [6, 6.07) is 0. The van der Waals surface area contributed by atoms with Crippen molar-refractivity contribution in [2.24, 2.45) is 0 Å². The van der Waals surface area contributed by atoms with Gasteiger partial charge in [0, 0.05) is 0 Å². The van der Waals surface area contributed by atoms with Crippen LogP contribution in [0.5, 0.6) is 0 Å². The average Bonchev–Trinajstić information content (AvgIpc) is 2.22. The number of amides is 1. The van der Waals surface area contributed by atoms with Gasteiger partial charge in [-0.05, 0) is 13.0 Å². The summed E-state index contributed by atoms with van der Waals surface area (Å²) in [5.74, 6) is -0.0197. The molecule has 2 N–H and O–H groups in total. The van der Waals surface area contributed by atoms with E-state index in [4.69, 9.17) is 0 Å². The van der Waals surface area contributed by atoms with E-state index >= 15 is 0 Å². The minimum absolute atomic E-state index is 0.0197. The number of carbonyl (C=O) groups excluding carboxylic acids is 1.